The van der Waals surface area contributed by atoms with E-state index < -0.39 is 9.84 Å². The average Bonchev–Trinajstić information content (AvgIpc) is 2.64. The van der Waals surface area contributed by atoms with Crippen LogP contribution in [0.25, 0.3) is 5.57 Å². The molecule has 0 aliphatic carbocycles. The van der Waals surface area contributed by atoms with Gasteiger partial charge in [0.1, 0.15) is 0 Å². The van der Waals surface area contributed by atoms with Gasteiger partial charge in [0, 0.05) is 38.1 Å². The zero-order valence-electron chi connectivity index (χ0n) is 12.0. The number of hydrogen-bond acceptors (Lipinski definition) is 4. The Morgan fingerprint density at radius 3 is 2.55 bits per heavy atom. The Hall–Kier alpha value is -1.17. The van der Waals surface area contributed by atoms with Gasteiger partial charge >= 0.3 is 0 Å². The molecule has 4 nitrogen and oxygen atoms in total. The number of fused-ring (bicyclic) bond motifs is 1. The number of nitrogens with zero attached hydrogens (tertiary/aromatic N) is 2. The molecule has 2 aliphatic rings. The minimum Gasteiger partial charge on any atom is -0.304 e. The van der Waals surface area contributed by atoms with Gasteiger partial charge in [-0.05, 0) is 36.7 Å². The van der Waals surface area contributed by atoms with Crippen molar-refractivity contribution in [2.75, 3.05) is 39.8 Å². The molecular weight excluding hydrogens is 272 g/mol. The lowest BCUT2D eigenvalue weighted by Crippen LogP contribution is -2.44. The molecule has 1 aromatic rings. The second kappa shape index (κ2) is 4.98. The first kappa shape index (κ1) is 13.8. The van der Waals surface area contributed by atoms with E-state index in [4.69, 9.17) is 0 Å². The molecule has 0 saturated carbocycles. The van der Waals surface area contributed by atoms with Crippen molar-refractivity contribution in [3.63, 3.8) is 0 Å². The number of rotatable bonds is 2. The highest BCUT2D eigenvalue weighted by Crippen LogP contribution is 2.34. The van der Waals surface area contributed by atoms with Crippen molar-refractivity contribution >= 4 is 15.4 Å². The minimum absolute atomic E-state index is 0.474. The number of hydrogen-bond donors (Lipinski definition) is 0. The lowest BCUT2D eigenvalue weighted by molar-refractivity contribution is 0.168. The van der Waals surface area contributed by atoms with Gasteiger partial charge in [-0.1, -0.05) is 12.1 Å². The van der Waals surface area contributed by atoms with Gasteiger partial charge in [0.05, 0.1) is 4.90 Å². The van der Waals surface area contributed by atoms with Gasteiger partial charge in [-0.2, -0.15) is 0 Å². The maximum atomic E-state index is 12.2. The highest BCUT2D eigenvalue weighted by Gasteiger charge is 2.28. The fourth-order valence-corrected chi connectivity index (χ4v) is 4.37. The summed E-state index contributed by atoms with van der Waals surface area (Å²) < 4.78 is 24.4. The normalized spacial score (nSPS) is 22.6. The lowest BCUT2D eigenvalue weighted by atomic mass is 10.1. The number of benzene rings is 1. The predicted molar refractivity (Wildman–Crippen MR) is 80.3 cm³/mol. The number of likely N-dealkylation sites (N-methyl/N-ethyl adjacent to an activating group) is 1. The topological polar surface area (TPSA) is 40.6 Å². The summed E-state index contributed by atoms with van der Waals surface area (Å²) in [5.74, 6) is 0. The molecule has 0 atom stereocenters. The smallest absolute Gasteiger partial charge is 0.200 e. The zero-order chi connectivity index (χ0) is 14.3. The first-order chi connectivity index (χ1) is 9.45. The molecule has 0 N–H and O–H groups in total. The molecule has 3 rings (SSSR count). The molecule has 0 bridgehead atoms. The van der Waals surface area contributed by atoms with Crippen molar-refractivity contribution in [1.29, 1.82) is 0 Å². The van der Waals surface area contributed by atoms with Gasteiger partial charge in [-0.15, -0.1) is 0 Å². The van der Waals surface area contributed by atoms with Gasteiger partial charge in [0.2, 0.25) is 9.84 Å². The van der Waals surface area contributed by atoms with Crippen molar-refractivity contribution < 1.29 is 8.42 Å². The third-order valence-corrected chi connectivity index (χ3v) is 5.62. The Balaban J connectivity index is 1.86. The minimum atomic E-state index is -3.24. The molecule has 108 valence electrons. The Bertz CT molecular complexity index is 656. The van der Waals surface area contributed by atoms with E-state index in [-0.39, 0.29) is 0 Å². The van der Waals surface area contributed by atoms with Crippen LogP contribution in [0.2, 0.25) is 0 Å². The van der Waals surface area contributed by atoms with E-state index in [9.17, 15) is 8.42 Å². The molecule has 20 heavy (non-hydrogen) atoms. The van der Waals surface area contributed by atoms with Gasteiger partial charge in [0.15, 0.2) is 0 Å². The van der Waals surface area contributed by atoms with E-state index in [0.29, 0.717) is 4.90 Å². The van der Waals surface area contributed by atoms with E-state index in [1.54, 1.807) is 6.07 Å². The molecule has 2 aliphatic heterocycles. The van der Waals surface area contributed by atoms with Crippen LogP contribution in [0.3, 0.4) is 0 Å². The largest absolute Gasteiger partial charge is 0.304 e. The van der Waals surface area contributed by atoms with Gasteiger partial charge in [-0.3, -0.25) is 4.90 Å². The third-order valence-electron chi connectivity index (χ3n) is 4.08. The van der Waals surface area contributed by atoms with Crippen LogP contribution in [0.4, 0.5) is 0 Å². The van der Waals surface area contributed by atoms with Crippen LogP contribution in [-0.4, -0.2) is 58.0 Å². The summed E-state index contributed by atoms with van der Waals surface area (Å²) in [6, 6.07) is 5.70. The summed E-state index contributed by atoms with van der Waals surface area (Å²) in [5.41, 5.74) is 2.81. The first-order valence-electron chi connectivity index (χ1n) is 6.93. The Morgan fingerprint density at radius 1 is 1.15 bits per heavy atom. The Morgan fingerprint density at radius 2 is 1.85 bits per heavy atom. The van der Waals surface area contributed by atoms with Crippen LogP contribution in [-0.2, 0) is 9.84 Å². The van der Waals surface area contributed by atoms with Gasteiger partial charge in [0.25, 0.3) is 0 Å². The summed E-state index contributed by atoms with van der Waals surface area (Å²) in [7, 11) is -1.12. The van der Waals surface area contributed by atoms with Crippen molar-refractivity contribution in [3.05, 3.63) is 34.7 Å². The number of sulfone groups is 1. The Kier molecular flexibility index (Phi) is 3.44. The number of aryl methyl sites for hydroxylation is 1. The summed E-state index contributed by atoms with van der Waals surface area (Å²) in [6.45, 7) is 6.73. The fraction of sp³-hybridized carbons (Fsp3) is 0.467. The van der Waals surface area contributed by atoms with Crippen LogP contribution < -0.4 is 0 Å². The van der Waals surface area contributed by atoms with Crippen LogP contribution >= 0.6 is 0 Å². The Labute approximate surface area is 120 Å². The molecule has 2 heterocycles. The lowest BCUT2D eigenvalue weighted by Gasteiger charge is -2.32. The van der Waals surface area contributed by atoms with E-state index in [1.165, 1.54) is 5.41 Å². The second-order valence-electron chi connectivity index (χ2n) is 5.77. The molecule has 0 aromatic heterocycles. The van der Waals surface area contributed by atoms with Crippen molar-refractivity contribution in [3.8, 4) is 0 Å². The van der Waals surface area contributed by atoms with E-state index >= 15 is 0 Å². The van der Waals surface area contributed by atoms with Crippen LogP contribution in [0, 0.1) is 6.92 Å². The van der Waals surface area contributed by atoms with Crippen LogP contribution in [0.1, 0.15) is 11.1 Å². The molecule has 0 amide bonds. The van der Waals surface area contributed by atoms with E-state index in [2.05, 4.69) is 16.8 Å². The summed E-state index contributed by atoms with van der Waals surface area (Å²) >= 11 is 0. The maximum Gasteiger partial charge on any atom is 0.200 e. The summed E-state index contributed by atoms with van der Waals surface area (Å²) in [6.07, 6.45) is 0. The van der Waals surface area contributed by atoms with Crippen molar-refractivity contribution in [2.24, 2.45) is 0 Å². The van der Waals surface area contributed by atoms with E-state index in [0.717, 1.165) is 49.4 Å². The van der Waals surface area contributed by atoms with Gasteiger partial charge < -0.3 is 4.90 Å². The van der Waals surface area contributed by atoms with E-state index in [1.807, 2.05) is 19.1 Å². The first-order valence-corrected chi connectivity index (χ1v) is 8.48. The molecule has 5 heteroatoms. The second-order valence-corrected chi connectivity index (χ2v) is 7.53. The predicted octanol–water partition coefficient (Wildman–Crippen LogP) is 1.37. The summed E-state index contributed by atoms with van der Waals surface area (Å²) in [4.78, 5) is 5.10. The molecule has 1 aromatic carbocycles. The van der Waals surface area contributed by atoms with Crippen LogP contribution in [0.5, 0.6) is 0 Å². The molecular formula is C15H20N2O2S. The molecule has 1 saturated heterocycles. The standard InChI is InChI=1S/C15H20N2O2S/c1-12-3-4-14-13(11-20(18,19)15(14)9-12)10-17-7-5-16(2)6-8-17/h3-4,9,11H,5-8,10H2,1-2H3. The molecule has 0 unspecified atom stereocenters. The zero-order valence-corrected chi connectivity index (χ0v) is 12.8. The average molecular weight is 292 g/mol. The molecule has 0 spiro atoms. The monoisotopic (exact) mass is 292 g/mol. The third kappa shape index (κ3) is 2.53. The molecule has 0 radical (unpaired) electrons. The van der Waals surface area contributed by atoms with Crippen LogP contribution in [0.15, 0.2) is 28.5 Å². The highest BCUT2D eigenvalue weighted by atomic mass is 32.2. The molecule has 1 fully saturated rings. The maximum absolute atomic E-state index is 12.2. The SMILES string of the molecule is Cc1ccc2c(c1)S(=O)(=O)C=C2CN1CCN(C)CC1. The summed E-state index contributed by atoms with van der Waals surface area (Å²) in [5, 5.41) is 1.45. The van der Waals surface area contributed by atoms with Crippen molar-refractivity contribution in [1.82, 2.24) is 9.80 Å². The quantitative estimate of drug-likeness (QED) is 0.825. The highest BCUT2D eigenvalue weighted by molar-refractivity contribution is 7.95. The van der Waals surface area contributed by atoms with Crippen molar-refractivity contribution in [2.45, 2.75) is 11.8 Å². The number of piperazine rings is 1. The van der Waals surface area contributed by atoms with Gasteiger partial charge in [-0.25, -0.2) is 8.42 Å². The fourth-order valence-electron chi connectivity index (χ4n) is 2.81.